The molecule has 10 heteroatoms. The highest BCUT2D eigenvalue weighted by molar-refractivity contribution is 8.16. The van der Waals surface area contributed by atoms with E-state index in [-0.39, 0.29) is 30.3 Å². The summed E-state index contributed by atoms with van der Waals surface area (Å²) in [5.74, 6) is 0.202. The zero-order valence-corrected chi connectivity index (χ0v) is 25.8. The topological polar surface area (TPSA) is 97.7 Å². The van der Waals surface area contributed by atoms with Gasteiger partial charge in [0, 0.05) is 18.8 Å². The molecule has 9 nitrogen and oxygen atoms in total. The number of para-hydroxylation sites is 1. The molecule has 2 aromatic rings. The van der Waals surface area contributed by atoms with Gasteiger partial charge in [0.15, 0.2) is 5.17 Å². The number of carbonyl (C=O) groups is 3. The lowest BCUT2D eigenvalue weighted by Gasteiger charge is -2.37. The molecular formula is C33H37N3O6S. The van der Waals surface area contributed by atoms with Crippen LogP contribution in [-0.4, -0.2) is 58.6 Å². The van der Waals surface area contributed by atoms with Gasteiger partial charge in [-0.3, -0.25) is 9.59 Å². The number of hydrogen-bond donors (Lipinski definition) is 0. The third kappa shape index (κ3) is 6.96. The Morgan fingerprint density at radius 3 is 2.58 bits per heavy atom. The summed E-state index contributed by atoms with van der Waals surface area (Å²) in [4.78, 5) is 48.0. The highest BCUT2D eigenvalue weighted by Gasteiger charge is 2.42. The standard InChI is InChI=1S/C33H37N3O6S/c1-5-40-31(38)24-12-10-16-35(19-24)28(37)18-25-20-43-33-34-22(4)29(32(39)41-21(2)3)30(36(25)33)23-11-9-15-27(17-23)42-26-13-7-6-8-14-26/h6-9,11,13-15,17,20-21,24,30H,5,10,12,16,18-19H2,1-4H3/t24-,30+/m1/s1. The third-order valence-corrected chi connectivity index (χ3v) is 8.33. The number of allylic oxidation sites excluding steroid dienone is 1. The molecule has 0 aromatic heterocycles. The van der Waals surface area contributed by atoms with Gasteiger partial charge in [-0.1, -0.05) is 42.1 Å². The summed E-state index contributed by atoms with van der Waals surface area (Å²) in [6.07, 6.45) is 1.23. The number of esters is 2. The predicted molar refractivity (Wildman–Crippen MR) is 165 cm³/mol. The molecule has 0 aliphatic carbocycles. The molecule has 3 aliphatic heterocycles. The number of thioether (sulfide) groups is 1. The molecule has 5 rings (SSSR count). The van der Waals surface area contributed by atoms with Crippen LogP contribution in [0.25, 0.3) is 0 Å². The molecule has 0 saturated carbocycles. The minimum absolute atomic E-state index is 0.0837. The fourth-order valence-corrected chi connectivity index (χ4v) is 6.48. The lowest BCUT2D eigenvalue weighted by molar-refractivity contribution is -0.151. The molecule has 0 radical (unpaired) electrons. The van der Waals surface area contributed by atoms with Crippen LogP contribution in [0, 0.1) is 5.92 Å². The average Bonchev–Trinajstić information content (AvgIpc) is 3.38. The van der Waals surface area contributed by atoms with Crippen LogP contribution in [0.2, 0.25) is 0 Å². The molecule has 226 valence electrons. The summed E-state index contributed by atoms with van der Waals surface area (Å²) in [5.41, 5.74) is 2.51. The Morgan fingerprint density at radius 1 is 1.07 bits per heavy atom. The van der Waals surface area contributed by atoms with E-state index >= 15 is 0 Å². The highest BCUT2D eigenvalue weighted by Crippen LogP contribution is 2.45. The van der Waals surface area contributed by atoms with Crippen molar-refractivity contribution in [2.75, 3.05) is 19.7 Å². The Bertz CT molecular complexity index is 1470. The zero-order valence-electron chi connectivity index (χ0n) is 24.9. The molecule has 2 atom stereocenters. The molecule has 0 N–H and O–H groups in total. The lowest BCUT2D eigenvalue weighted by Crippen LogP contribution is -2.44. The number of amides is 1. The van der Waals surface area contributed by atoms with Crippen molar-refractivity contribution in [3.63, 3.8) is 0 Å². The number of piperidine rings is 1. The molecule has 43 heavy (non-hydrogen) atoms. The van der Waals surface area contributed by atoms with Crippen LogP contribution in [0.15, 0.2) is 82.0 Å². The number of hydrogen-bond acceptors (Lipinski definition) is 9. The maximum absolute atomic E-state index is 13.6. The number of aliphatic imine (C=N–C) groups is 1. The summed E-state index contributed by atoms with van der Waals surface area (Å²) in [6, 6.07) is 16.5. The van der Waals surface area contributed by atoms with Crippen LogP contribution in [0.4, 0.5) is 0 Å². The fourth-order valence-electron chi connectivity index (χ4n) is 5.52. The molecule has 3 aliphatic rings. The van der Waals surface area contributed by atoms with Gasteiger partial charge in [0.2, 0.25) is 5.91 Å². The normalized spacial score (nSPS) is 19.9. The van der Waals surface area contributed by atoms with E-state index in [1.54, 1.807) is 11.8 Å². The smallest absolute Gasteiger partial charge is 0.338 e. The van der Waals surface area contributed by atoms with Gasteiger partial charge in [-0.25, -0.2) is 9.79 Å². The number of amidine groups is 1. The quantitative estimate of drug-likeness (QED) is 0.313. The minimum Gasteiger partial charge on any atom is -0.466 e. The van der Waals surface area contributed by atoms with Crippen LogP contribution in [0.1, 0.15) is 58.6 Å². The molecule has 0 bridgehead atoms. The number of benzene rings is 2. The van der Waals surface area contributed by atoms with Gasteiger partial charge in [0.05, 0.1) is 42.4 Å². The first kappa shape index (κ1) is 30.4. The molecule has 2 aromatic carbocycles. The van der Waals surface area contributed by atoms with E-state index in [4.69, 9.17) is 19.2 Å². The van der Waals surface area contributed by atoms with Crippen LogP contribution in [-0.2, 0) is 23.9 Å². The van der Waals surface area contributed by atoms with E-state index in [2.05, 4.69) is 0 Å². The first-order valence-electron chi connectivity index (χ1n) is 14.7. The van der Waals surface area contributed by atoms with Crippen molar-refractivity contribution in [3.05, 3.63) is 82.5 Å². The molecule has 0 spiro atoms. The number of fused-ring (bicyclic) bond motifs is 1. The number of ether oxygens (including phenoxy) is 3. The van der Waals surface area contributed by atoms with Gasteiger partial charge in [-0.15, -0.1) is 0 Å². The van der Waals surface area contributed by atoms with E-state index in [0.29, 0.717) is 54.1 Å². The Hall–Kier alpha value is -4.05. The van der Waals surface area contributed by atoms with Crippen molar-refractivity contribution >= 4 is 34.8 Å². The molecule has 1 amide bonds. The SMILES string of the molecule is CCOC(=O)[C@@H]1CCCN(C(=O)CC2=CSC3=NC(C)=C(C(=O)OC(C)C)[C@H](c4cccc(Oc5ccccc5)c4)N23)C1. The summed E-state index contributed by atoms with van der Waals surface area (Å²) in [7, 11) is 0. The number of likely N-dealkylation sites (tertiary alicyclic amines) is 1. The number of nitrogens with zero attached hydrogens (tertiary/aromatic N) is 3. The molecule has 0 unspecified atom stereocenters. The van der Waals surface area contributed by atoms with Crippen molar-refractivity contribution in [1.82, 2.24) is 9.80 Å². The lowest BCUT2D eigenvalue weighted by atomic mass is 9.93. The van der Waals surface area contributed by atoms with Gasteiger partial charge in [0.1, 0.15) is 11.5 Å². The zero-order chi connectivity index (χ0) is 30.5. The Balaban J connectivity index is 1.45. The summed E-state index contributed by atoms with van der Waals surface area (Å²) < 4.78 is 17.0. The van der Waals surface area contributed by atoms with E-state index in [1.165, 1.54) is 11.8 Å². The number of carbonyl (C=O) groups excluding carboxylic acids is 3. The molecule has 1 saturated heterocycles. The highest BCUT2D eigenvalue weighted by atomic mass is 32.2. The van der Waals surface area contributed by atoms with Gasteiger partial charge < -0.3 is 24.0 Å². The second-order valence-corrected chi connectivity index (χ2v) is 11.8. The number of rotatable bonds is 9. The monoisotopic (exact) mass is 603 g/mol. The first-order chi connectivity index (χ1) is 20.7. The second-order valence-electron chi connectivity index (χ2n) is 10.9. The maximum atomic E-state index is 13.6. The summed E-state index contributed by atoms with van der Waals surface area (Å²) in [6.45, 7) is 8.46. The van der Waals surface area contributed by atoms with Crippen molar-refractivity contribution in [3.8, 4) is 11.5 Å². The Labute approximate surface area is 256 Å². The Morgan fingerprint density at radius 2 is 1.84 bits per heavy atom. The van der Waals surface area contributed by atoms with E-state index in [1.807, 2.05) is 85.7 Å². The van der Waals surface area contributed by atoms with Crippen LogP contribution >= 0.6 is 11.8 Å². The van der Waals surface area contributed by atoms with Crippen molar-refractivity contribution in [2.24, 2.45) is 10.9 Å². The summed E-state index contributed by atoms with van der Waals surface area (Å²) in [5, 5.41) is 2.61. The van der Waals surface area contributed by atoms with Crippen molar-refractivity contribution in [2.45, 2.75) is 59.1 Å². The van der Waals surface area contributed by atoms with Crippen LogP contribution in [0.5, 0.6) is 11.5 Å². The first-order valence-corrected chi connectivity index (χ1v) is 15.6. The minimum atomic E-state index is -0.583. The molecular weight excluding hydrogens is 566 g/mol. The maximum Gasteiger partial charge on any atom is 0.338 e. The van der Waals surface area contributed by atoms with E-state index < -0.39 is 12.0 Å². The summed E-state index contributed by atoms with van der Waals surface area (Å²) >= 11 is 1.42. The predicted octanol–water partition coefficient (Wildman–Crippen LogP) is 6.20. The Kier molecular flexibility index (Phi) is 9.55. The van der Waals surface area contributed by atoms with Crippen molar-refractivity contribution in [1.29, 1.82) is 0 Å². The van der Waals surface area contributed by atoms with Crippen LogP contribution < -0.4 is 4.74 Å². The van der Waals surface area contributed by atoms with Crippen LogP contribution in [0.3, 0.4) is 0 Å². The average molecular weight is 604 g/mol. The largest absolute Gasteiger partial charge is 0.466 e. The van der Waals surface area contributed by atoms with E-state index in [9.17, 15) is 14.4 Å². The fraction of sp³-hybridized carbons (Fsp3) is 0.394. The van der Waals surface area contributed by atoms with Gasteiger partial charge in [-0.2, -0.15) is 0 Å². The molecule has 1 fully saturated rings. The van der Waals surface area contributed by atoms with Crippen molar-refractivity contribution < 1.29 is 28.6 Å². The molecule has 3 heterocycles. The van der Waals surface area contributed by atoms with Gasteiger partial charge in [-0.05, 0) is 75.8 Å². The van der Waals surface area contributed by atoms with Gasteiger partial charge in [0.25, 0.3) is 0 Å². The third-order valence-electron chi connectivity index (χ3n) is 7.44. The second kappa shape index (κ2) is 13.5. The van der Waals surface area contributed by atoms with E-state index in [0.717, 1.165) is 17.7 Å². The van der Waals surface area contributed by atoms with Gasteiger partial charge >= 0.3 is 11.9 Å².